The first-order chi connectivity index (χ1) is 10.3. The monoisotopic (exact) mass is 321 g/mol. The van der Waals surface area contributed by atoms with E-state index in [1.54, 1.807) is 0 Å². The first-order valence-electron chi connectivity index (χ1n) is 7.23. The van der Waals surface area contributed by atoms with Crippen molar-refractivity contribution in [2.45, 2.75) is 32.7 Å². The molecule has 0 saturated carbocycles. The molecule has 0 aliphatic carbocycles. The van der Waals surface area contributed by atoms with Crippen LogP contribution in [0.1, 0.15) is 25.3 Å². The zero-order valence-corrected chi connectivity index (χ0v) is 14.6. The quantitative estimate of drug-likeness (QED) is 0.889. The Balaban J connectivity index is 1.91. The number of carbonyl (C=O) groups is 1. The zero-order valence-electron chi connectivity index (χ0n) is 13.8. The van der Waals surface area contributed by atoms with Gasteiger partial charge in [0.1, 0.15) is 5.76 Å². The Morgan fingerprint density at radius 1 is 1.41 bits per heavy atom. The Morgan fingerprint density at radius 3 is 2.73 bits per heavy atom. The van der Waals surface area contributed by atoms with E-state index in [-0.39, 0.29) is 11.4 Å². The van der Waals surface area contributed by atoms with Crippen LogP contribution in [0.15, 0.2) is 21.9 Å². The van der Waals surface area contributed by atoms with Crippen LogP contribution in [0.4, 0.5) is 0 Å². The van der Waals surface area contributed by atoms with Gasteiger partial charge in [-0.3, -0.25) is 4.79 Å². The molecule has 0 aliphatic rings. The summed E-state index contributed by atoms with van der Waals surface area (Å²) in [5.74, 6) is 1.60. The predicted octanol–water partition coefficient (Wildman–Crippen LogP) is 2.71. The molecule has 2 aromatic rings. The predicted molar refractivity (Wildman–Crippen MR) is 89.0 cm³/mol. The normalized spacial score (nSPS) is 11.9. The summed E-state index contributed by atoms with van der Waals surface area (Å²) in [6.07, 6.45) is 0.291. The van der Waals surface area contributed by atoms with Crippen LogP contribution < -0.4 is 5.32 Å². The molecule has 0 radical (unpaired) electrons. The van der Waals surface area contributed by atoms with Crippen LogP contribution >= 0.6 is 11.3 Å². The van der Waals surface area contributed by atoms with E-state index in [4.69, 9.17) is 4.42 Å². The molecule has 0 bridgehead atoms. The van der Waals surface area contributed by atoms with E-state index in [1.807, 2.05) is 38.5 Å². The average molecular weight is 321 g/mol. The molecule has 2 aromatic heterocycles. The van der Waals surface area contributed by atoms with Gasteiger partial charge in [-0.1, -0.05) is 0 Å². The second-order valence-corrected chi connectivity index (χ2v) is 7.07. The number of nitrogens with zero attached hydrogens (tertiary/aromatic N) is 2. The molecular weight excluding hydrogens is 298 g/mol. The fourth-order valence-corrected chi connectivity index (χ4v) is 2.53. The zero-order chi connectivity index (χ0) is 16.3. The lowest BCUT2D eigenvalue weighted by molar-refractivity contribution is -0.121. The van der Waals surface area contributed by atoms with E-state index >= 15 is 0 Å². The maximum absolute atomic E-state index is 12.0. The number of amides is 1. The van der Waals surface area contributed by atoms with Crippen molar-refractivity contribution < 1.29 is 9.21 Å². The molecule has 120 valence electrons. The van der Waals surface area contributed by atoms with Gasteiger partial charge in [-0.05, 0) is 47.0 Å². The van der Waals surface area contributed by atoms with Crippen molar-refractivity contribution >= 4 is 17.2 Å². The van der Waals surface area contributed by atoms with Crippen LogP contribution in [0, 0.1) is 6.92 Å². The van der Waals surface area contributed by atoms with Gasteiger partial charge in [-0.15, -0.1) is 11.3 Å². The summed E-state index contributed by atoms with van der Waals surface area (Å²) in [5.41, 5.74) is 0.698. The Morgan fingerprint density at radius 2 is 2.14 bits per heavy atom. The molecule has 0 fully saturated rings. The summed E-state index contributed by atoms with van der Waals surface area (Å²) < 4.78 is 5.55. The topological polar surface area (TPSA) is 58.4 Å². The number of thiazole rings is 1. The number of carbonyl (C=O) groups excluding carboxylic acids is 1. The van der Waals surface area contributed by atoms with Crippen LogP contribution in [-0.4, -0.2) is 42.0 Å². The van der Waals surface area contributed by atoms with Crippen LogP contribution in [0.5, 0.6) is 0 Å². The van der Waals surface area contributed by atoms with Gasteiger partial charge >= 0.3 is 0 Å². The van der Waals surface area contributed by atoms with Gasteiger partial charge < -0.3 is 14.6 Å². The van der Waals surface area contributed by atoms with Gasteiger partial charge in [-0.2, -0.15) is 0 Å². The summed E-state index contributed by atoms with van der Waals surface area (Å²) in [7, 11) is 4.01. The molecule has 0 saturated heterocycles. The van der Waals surface area contributed by atoms with Crippen molar-refractivity contribution in [3.63, 3.8) is 0 Å². The van der Waals surface area contributed by atoms with Crippen LogP contribution in [0.25, 0.3) is 10.8 Å². The lowest BCUT2D eigenvalue weighted by Crippen LogP contribution is -2.48. The lowest BCUT2D eigenvalue weighted by atomic mass is 10.0. The van der Waals surface area contributed by atoms with Gasteiger partial charge in [0.15, 0.2) is 10.8 Å². The standard InChI is InChI=1S/C16H23N3O2S/c1-11-6-7-13(21-11)15-18-12(9-22-15)8-14(20)17-10-16(2,3)19(4)5/h6-7,9H,8,10H2,1-5H3,(H,17,20). The Bertz CT molecular complexity index is 643. The van der Waals surface area contributed by atoms with Gasteiger partial charge in [0.25, 0.3) is 0 Å². The minimum Gasteiger partial charge on any atom is -0.459 e. The third kappa shape index (κ3) is 4.18. The molecular formula is C16H23N3O2S. The number of nitrogens with one attached hydrogen (secondary N) is 1. The first kappa shape index (κ1) is 16.7. The van der Waals surface area contributed by atoms with Crippen molar-refractivity contribution in [2.75, 3.05) is 20.6 Å². The molecule has 6 heteroatoms. The molecule has 2 rings (SSSR count). The molecule has 2 heterocycles. The fourth-order valence-electron chi connectivity index (χ4n) is 1.75. The van der Waals surface area contributed by atoms with E-state index in [0.29, 0.717) is 13.0 Å². The fraction of sp³-hybridized carbons (Fsp3) is 0.500. The maximum atomic E-state index is 12.0. The van der Waals surface area contributed by atoms with Crippen molar-refractivity contribution in [3.05, 3.63) is 29.0 Å². The Kier molecular flexibility index (Phi) is 5.03. The molecule has 5 nitrogen and oxygen atoms in total. The number of likely N-dealkylation sites (N-methyl/N-ethyl adjacent to an activating group) is 1. The van der Waals surface area contributed by atoms with Crippen molar-refractivity contribution in [2.24, 2.45) is 0 Å². The Labute approximate surface area is 135 Å². The van der Waals surface area contributed by atoms with Gasteiger partial charge in [0.05, 0.1) is 12.1 Å². The summed E-state index contributed by atoms with van der Waals surface area (Å²) in [5, 5.41) is 5.68. The molecule has 1 amide bonds. The summed E-state index contributed by atoms with van der Waals surface area (Å²) in [6.45, 7) is 6.69. The highest BCUT2D eigenvalue weighted by molar-refractivity contribution is 7.13. The number of furan rings is 1. The molecule has 1 N–H and O–H groups in total. The number of rotatable bonds is 6. The second kappa shape index (κ2) is 6.62. The minimum absolute atomic E-state index is 0.0117. The van der Waals surface area contributed by atoms with Crippen LogP contribution in [0.2, 0.25) is 0 Å². The van der Waals surface area contributed by atoms with E-state index in [2.05, 4.69) is 29.0 Å². The average Bonchev–Trinajstić information content (AvgIpc) is 3.05. The summed E-state index contributed by atoms with van der Waals surface area (Å²) in [4.78, 5) is 18.6. The molecule has 0 unspecified atom stereocenters. The van der Waals surface area contributed by atoms with Gasteiger partial charge in [0.2, 0.25) is 5.91 Å². The molecule has 22 heavy (non-hydrogen) atoms. The van der Waals surface area contributed by atoms with Crippen LogP contribution in [0.3, 0.4) is 0 Å². The minimum atomic E-state index is -0.0748. The highest BCUT2D eigenvalue weighted by Crippen LogP contribution is 2.25. The largest absolute Gasteiger partial charge is 0.459 e. The summed E-state index contributed by atoms with van der Waals surface area (Å²) >= 11 is 1.49. The maximum Gasteiger partial charge on any atom is 0.226 e. The third-order valence-corrected chi connectivity index (χ3v) is 4.68. The molecule has 0 atom stereocenters. The number of hydrogen-bond acceptors (Lipinski definition) is 5. The molecule has 0 aromatic carbocycles. The second-order valence-electron chi connectivity index (χ2n) is 6.21. The van der Waals surface area contributed by atoms with Gasteiger partial charge in [-0.25, -0.2) is 4.98 Å². The smallest absolute Gasteiger partial charge is 0.226 e. The SMILES string of the molecule is Cc1ccc(-c2nc(CC(=O)NCC(C)(C)N(C)C)cs2)o1. The molecule has 0 aliphatic heterocycles. The van der Waals surface area contributed by atoms with Crippen molar-refractivity contribution in [3.8, 4) is 10.8 Å². The Hall–Kier alpha value is -1.66. The third-order valence-electron chi connectivity index (χ3n) is 3.77. The van der Waals surface area contributed by atoms with E-state index in [9.17, 15) is 4.79 Å². The van der Waals surface area contributed by atoms with E-state index < -0.39 is 0 Å². The highest BCUT2D eigenvalue weighted by Gasteiger charge is 2.21. The number of hydrogen-bond donors (Lipinski definition) is 1. The van der Waals surface area contributed by atoms with Crippen molar-refractivity contribution in [1.29, 1.82) is 0 Å². The molecule has 0 spiro atoms. The van der Waals surface area contributed by atoms with E-state index in [1.165, 1.54) is 11.3 Å². The highest BCUT2D eigenvalue weighted by atomic mass is 32.1. The van der Waals surface area contributed by atoms with E-state index in [0.717, 1.165) is 22.2 Å². The number of aromatic nitrogens is 1. The summed E-state index contributed by atoms with van der Waals surface area (Å²) in [6, 6.07) is 3.81. The van der Waals surface area contributed by atoms with Crippen LogP contribution in [-0.2, 0) is 11.2 Å². The van der Waals surface area contributed by atoms with Crippen molar-refractivity contribution in [1.82, 2.24) is 15.2 Å². The number of aryl methyl sites for hydroxylation is 1. The van der Waals surface area contributed by atoms with Gasteiger partial charge in [0, 0.05) is 17.5 Å². The first-order valence-corrected chi connectivity index (χ1v) is 8.11. The lowest BCUT2D eigenvalue weighted by Gasteiger charge is -2.32.